The monoisotopic (exact) mass is 267 g/mol. The van der Waals surface area contributed by atoms with Crippen LogP contribution in [0.4, 0.5) is 0 Å². The Morgan fingerprint density at radius 2 is 1.80 bits per heavy atom. The van der Waals surface area contributed by atoms with Crippen molar-refractivity contribution in [1.82, 2.24) is 4.98 Å². The molecule has 0 bridgehead atoms. The topological polar surface area (TPSA) is 28.9 Å². The minimum absolute atomic E-state index is 0.934. The van der Waals surface area contributed by atoms with Crippen LogP contribution in [0.25, 0.3) is 22.2 Å². The van der Waals surface area contributed by atoms with Crippen LogP contribution < -0.4 is 0 Å². The summed E-state index contributed by atoms with van der Waals surface area (Å²) in [6, 6.07) is 12.4. The van der Waals surface area contributed by atoms with Crippen molar-refractivity contribution in [2.24, 2.45) is 0 Å². The molecule has 2 nitrogen and oxygen atoms in total. The number of fused-ring (bicyclic) bond motifs is 1. The SMILES string of the molecule is C#CC.CC.Cc1cc(-c2cc3ccccc3[nH]2)co1. The summed E-state index contributed by atoms with van der Waals surface area (Å²) in [6.45, 7) is 7.60. The molecule has 0 saturated heterocycles. The number of para-hydroxylation sites is 1. The van der Waals surface area contributed by atoms with Gasteiger partial charge < -0.3 is 9.40 Å². The van der Waals surface area contributed by atoms with Crippen molar-refractivity contribution in [3.05, 3.63) is 48.4 Å². The van der Waals surface area contributed by atoms with E-state index in [-0.39, 0.29) is 0 Å². The molecule has 2 heteroatoms. The number of nitrogens with one attached hydrogen (secondary N) is 1. The molecular formula is C18H21NO. The van der Waals surface area contributed by atoms with Crippen LogP contribution in [0.15, 0.2) is 47.1 Å². The number of aromatic amines is 1. The van der Waals surface area contributed by atoms with Crippen molar-refractivity contribution < 1.29 is 4.42 Å². The Morgan fingerprint density at radius 1 is 1.15 bits per heavy atom. The number of H-pyrrole nitrogens is 1. The highest BCUT2D eigenvalue weighted by atomic mass is 16.3. The number of aromatic nitrogens is 1. The maximum absolute atomic E-state index is 5.29. The van der Waals surface area contributed by atoms with Gasteiger partial charge >= 0.3 is 0 Å². The zero-order valence-corrected chi connectivity index (χ0v) is 12.5. The Kier molecular flexibility index (Phi) is 6.19. The second-order valence-corrected chi connectivity index (χ2v) is 4.00. The van der Waals surface area contributed by atoms with Crippen LogP contribution in [0.3, 0.4) is 0 Å². The maximum atomic E-state index is 5.29. The third kappa shape index (κ3) is 3.80. The number of benzene rings is 1. The highest BCUT2D eigenvalue weighted by Crippen LogP contribution is 2.25. The van der Waals surface area contributed by atoms with Gasteiger partial charge in [-0.2, -0.15) is 0 Å². The van der Waals surface area contributed by atoms with E-state index in [9.17, 15) is 0 Å². The van der Waals surface area contributed by atoms with E-state index in [1.54, 1.807) is 13.2 Å². The number of furan rings is 1. The fourth-order valence-electron chi connectivity index (χ4n) is 1.81. The Hall–Kier alpha value is -2.40. The Bertz CT molecular complexity index is 650. The molecule has 20 heavy (non-hydrogen) atoms. The van der Waals surface area contributed by atoms with E-state index in [1.807, 2.05) is 39.0 Å². The zero-order chi connectivity index (χ0) is 15.0. The Balaban J connectivity index is 0.000000357. The van der Waals surface area contributed by atoms with E-state index in [0.29, 0.717) is 0 Å². The minimum Gasteiger partial charge on any atom is -0.469 e. The van der Waals surface area contributed by atoms with Gasteiger partial charge in [-0.25, -0.2) is 0 Å². The lowest BCUT2D eigenvalue weighted by Gasteiger charge is -1.87. The van der Waals surface area contributed by atoms with E-state index in [0.717, 1.165) is 22.5 Å². The first-order chi connectivity index (χ1) is 9.74. The quantitative estimate of drug-likeness (QED) is 0.587. The first kappa shape index (κ1) is 15.7. The van der Waals surface area contributed by atoms with Crippen molar-refractivity contribution in [2.75, 3.05) is 0 Å². The van der Waals surface area contributed by atoms with E-state index in [2.05, 4.69) is 35.5 Å². The van der Waals surface area contributed by atoms with Gasteiger partial charge in [0.1, 0.15) is 5.76 Å². The molecule has 0 radical (unpaired) electrons. The average molecular weight is 267 g/mol. The predicted molar refractivity (Wildman–Crippen MR) is 86.6 cm³/mol. The molecule has 0 aliphatic carbocycles. The summed E-state index contributed by atoms with van der Waals surface area (Å²) in [4.78, 5) is 3.37. The standard InChI is InChI=1S/C13H11NO.C3H4.C2H6/c1-9-6-11(8-15-9)13-7-10-4-2-3-5-12(10)14-13;1-3-2;1-2/h2-8,14H,1H3;1H,2H3;1-2H3. The summed E-state index contributed by atoms with van der Waals surface area (Å²) in [5.41, 5.74) is 3.36. The normalized spacial score (nSPS) is 8.95. The zero-order valence-electron chi connectivity index (χ0n) is 12.5. The van der Waals surface area contributed by atoms with Gasteiger partial charge in [0.25, 0.3) is 0 Å². The van der Waals surface area contributed by atoms with Gasteiger partial charge in [-0.15, -0.1) is 12.3 Å². The van der Waals surface area contributed by atoms with Crippen LogP contribution in [0.5, 0.6) is 0 Å². The van der Waals surface area contributed by atoms with Gasteiger partial charge in [0, 0.05) is 22.2 Å². The van der Waals surface area contributed by atoms with Gasteiger partial charge in [-0.1, -0.05) is 32.0 Å². The molecule has 1 aromatic carbocycles. The third-order valence-electron chi connectivity index (χ3n) is 2.57. The smallest absolute Gasteiger partial charge is 0.101 e. The van der Waals surface area contributed by atoms with Crippen molar-refractivity contribution in [1.29, 1.82) is 0 Å². The lowest BCUT2D eigenvalue weighted by atomic mass is 10.2. The summed E-state index contributed by atoms with van der Waals surface area (Å²) >= 11 is 0. The molecule has 0 aliphatic rings. The fraction of sp³-hybridized carbons (Fsp3) is 0.222. The van der Waals surface area contributed by atoms with Gasteiger partial charge in [-0.05, 0) is 32.0 Å². The molecule has 3 rings (SSSR count). The average Bonchev–Trinajstić information content (AvgIpc) is 3.07. The van der Waals surface area contributed by atoms with Crippen LogP contribution in [-0.4, -0.2) is 4.98 Å². The second kappa shape index (κ2) is 7.91. The summed E-state index contributed by atoms with van der Waals surface area (Å²) in [7, 11) is 0. The van der Waals surface area contributed by atoms with Crippen molar-refractivity contribution in [3.8, 4) is 23.6 Å². The summed E-state index contributed by atoms with van der Waals surface area (Å²) in [6.07, 6.45) is 6.38. The lowest BCUT2D eigenvalue weighted by molar-refractivity contribution is 0.535. The summed E-state index contributed by atoms with van der Waals surface area (Å²) < 4.78 is 5.29. The molecular weight excluding hydrogens is 246 g/mol. The molecule has 104 valence electrons. The molecule has 0 aliphatic heterocycles. The number of aryl methyl sites for hydroxylation is 1. The first-order valence-corrected chi connectivity index (χ1v) is 6.75. The second-order valence-electron chi connectivity index (χ2n) is 4.00. The van der Waals surface area contributed by atoms with Gasteiger partial charge in [-0.3, -0.25) is 0 Å². The highest BCUT2D eigenvalue weighted by molar-refractivity contribution is 5.85. The molecule has 0 atom stereocenters. The summed E-state index contributed by atoms with van der Waals surface area (Å²) in [5, 5.41) is 1.23. The van der Waals surface area contributed by atoms with Gasteiger partial charge in [0.2, 0.25) is 0 Å². The van der Waals surface area contributed by atoms with Crippen molar-refractivity contribution in [2.45, 2.75) is 27.7 Å². The number of hydrogen-bond donors (Lipinski definition) is 1. The van der Waals surface area contributed by atoms with E-state index < -0.39 is 0 Å². The fourth-order valence-corrected chi connectivity index (χ4v) is 1.81. The molecule has 0 unspecified atom stereocenters. The maximum Gasteiger partial charge on any atom is 0.101 e. The van der Waals surface area contributed by atoms with Crippen LogP contribution in [0.1, 0.15) is 26.5 Å². The number of hydrogen-bond acceptors (Lipinski definition) is 1. The summed E-state index contributed by atoms with van der Waals surface area (Å²) in [5.74, 6) is 3.18. The van der Waals surface area contributed by atoms with Crippen LogP contribution >= 0.6 is 0 Å². The molecule has 2 heterocycles. The highest BCUT2D eigenvalue weighted by Gasteiger charge is 2.04. The molecule has 3 aromatic rings. The van der Waals surface area contributed by atoms with Crippen LogP contribution in [0, 0.1) is 19.3 Å². The molecule has 0 fully saturated rings. The Morgan fingerprint density at radius 3 is 2.35 bits per heavy atom. The number of terminal acetylenes is 1. The largest absolute Gasteiger partial charge is 0.469 e. The van der Waals surface area contributed by atoms with Crippen LogP contribution in [-0.2, 0) is 0 Å². The van der Waals surface area contributed by atoms with E-state index in [4.69, 9.17) is 4.42 Å². The minimum atomic E-state index is 0.934. The predicted octanol–water partition coefficient (Wildman–Crippen LogP) is 5.40. The van der Waals surface area contributed by atoms with E-state index >= 15 is 0 Å². The van der Waals surface area contributed by atoms with Gasteiger partial charge in [0.15, 0.2) is 0 Å². The molecule has 2 aromatic heterocycles. The van der Waals surface area contributed by atoms with E-state index in [1.165, 1.54) is 5.39 Å². The van der Waals surface area contributed by atoms with Crippen LogP contribution in [0.2, 0.25) is 0 Å². The lowest BCUT2D eigenvalue weighted by Crippen LogP contribution is -1.70. The third-order valence-corrected chi connectivity index (χ3v) is 2.57. The molecule has 0 spiro atoms. The van der Waals surface area contributed by atoms with Crippen molar-refractivity contribution in [3.63, 3.8) is 0 Å². The van der Waals surface area contributed by atoms with Gasteiger partial charge in [0.05, 0.1) is 6.26 Å². The number of rotatable bonds is 1. The first-order valence-electron chi connectivity index (χ1n) is 6.75. The molecule has 0 saturated carbocycles. The molecule has 1 N–H and O–H groups in total. The molecule has 0 amide bonds. The van der Waals surface area contributed by atoms with Crippen molar-refractivity contribution >= 4 is 10.9 Å². The Labute approximate surface area is 120 Å².